The SMILES string of the molecule is CSc1ccc(NC(=O)N2[C@H]3CC[C@H]2CC(O)(c2cccnc2)C3)cc1. The van der Waals surface area contributed by atoms with Crippen LogP contribution in [0.4, 0.5) is 10.5 Å². The maximum Gasteiger partial charge on any atom is 0.322 e. The van der Waals surface area contributed by atoms with E-state index in [1.165, 1.54) is 4.90 Å². The molecule has 2 aliphatic rings. The molecule has 6 heteroatoms. The minimum Gasteiger partial charge on any atom is -0.385 e. The number of amides is 2. The van der Waals surface area contributed by atoms with Crippen LogP contribution in [-0.2, 0) is 5.60 Å². The highest BCUT2D eigenvalue weighted by Gasteiger charge is 2.50. The Bertz CT molecular complexity index is 767. The van der Waals surface area contributed by atoms with Crippen molar-refractivity contribution in [1.29, 1.82) is 0 Å². The fraction of sp³-hybridized carbons (Fsp3) is 0.400. The molecule has 2 fully saturated rings. The molecule has 2 amide bonds. The number of anilines is 1. The Kier molecular flexibility index (Phi) is 4.63. The second-order valence-electron chi connectivity index (χ2n) is 7.13. The van der Waals surface area contributed by atoms with Gasteiger partial charge in [0.05, 0.1) is 5.60 Å². The molecule has 3 heterocycles. The molecule has 0 aliphatic carbocycles. The zero-order chi connectivity index (χ0) is 18.1. The van der Waals surface area contributed by atoms with E-state index in [0.717, 1.165) is 24.1 Å². The van der Waals surface area contributed by atoms with Gasteiger partial charge in [-0.15, -0.1) is 11.8 Å². The van der Waals surface area contributed by atoms with Crippen LogP contribution < -0.4 is 5.32 Å². The molecule has 0 saturated carbocycles. The molecular weight excluding hydrogens is 346 g/mol. The van der Waals surface area contributed by atoms with Crippen molar-refractivity contribution in [2.24, 2.45) is 0 Å². The lowest BCUT2D eigenvalue weighted by atomic mass is 9.81. The lowest BCUT2D eigenvalue weighted by Crippen LogP contribution is -2.53. The Labute approximate surface area is 157 Å². The molecule has 2 saturated heterocycles. The van der Waals surface area contributed by atoms with Gasteiger partial charge in [-0.1, -0.05) is 6.07 Å². The Morgan fingerprint density at radius 3 is 2.50 bits per heavy atom. The maximum absolute atomic E-state index is 12.8. The molecular formula is C20H23N3O2S. The van der Waals surface area contributed by atoms with Crippen LogP contribution in [0.2, 0.25) is 0 Å². The summed E-state index contributed by atoms with van der Waals surface area (Å²) in [4.78, 5) is 20.1. The van der Waals surface area contributed by atoms with Crippen LogP contribution >= 0.6 is 11.8 Å². The summed E-state index contributed by atoms with van der Waals surface area (Å²) < 4.78 is 0. The second-order valence-corrected chi connectivity index (χ2v) is 8.01. The quantitative estimate of drug-likeness (QED) is 0.807. The summed E-state index contributed by atoms with van der Waals surface area (Å²) >= 11 is 1.68. The van der Waals surface area contributed by atoms with Crippen molar-refractivity contribution >= 4 is 23.5 Å². The van der Waals surface area contributed by atoms with Gasteiger partial charge in [-0.3, -0.25) is 4.98 Å². The third-order valence-electron chi connectivity index (χ3n) is 5.54. The van der Waals surface area contributed by atoms with Crippen molar-refractivity contribution in [2.45, 2.75) is 48.3 Å². The van der Waals surface area contributed by atoms with E-state index in [1.54, 1.807) is 24.2 Å². The van der Waals surface area contributed by atoms with Gasteiger partial charge in [0.25, 0.3) is 0 Å². The molecule has 5 nitrogen and oxygen atoms in total. The first-order valence-electron chi connectivity index (χ1n) is 8.95. The van der Waals surface area contributed by atoms with Crippen molar-refractivity contribution in [3.8, 4) is 0 Å². The predicted molar refractivity (Wildman–Crippen MR) is 103 cm³/mol. The van der Waals surface area contributed by atoms with Gasteiger partial charge in [-0.05, 0) is 49.4 Å². The first-order chi connectivity index (χ1) is 12.6. The van der Waals surface area contributed by atoms with Crippen LogP contribution in [0.15, 0.2) is 53.7 Å². The number of urea groups is 1. The van der Waals surface area contributed by atoms with Crippen LogP contribution in [0.3, 0.4) is 0 Å². The van der Waals surface area contributed by atoms with Crippen LogP contribution in [-0.4, -0.2) is 39.4 Å². The average Bonchev–Trinajstić information content (AvgIpc) is 2.95. The van der Waals surface area contributed by atoms with Crippen molar-refractivity contribution in [3.05, 3.63) is 54.4 Å². The zero-order valence-corrected chi connectivity index (χ0v) is 15.6. The van der Waals surface area contributed by atoms with E-state index in [-0.39, 0.29) is 18.1 Å². The number of aromatic nitrogens is 1. The van der Waals surface area contributed by atoms with Gasteiger partial charge in [-0.2, -0.15) is 0 Å². The van der Waals surface area contributed by atoms with E-state index in [1.807, 2.05) is 47.6 Å². The third kappa shape index (κ3) is 3.19. The predicted octanol–water partition coefficient (Wildman–Crippen LogP) is 3.85. The minimum absolute atomic E-state index is 0.0597. The van der Waals surface area contributed by atoms with Gasteiger partial charge < -0.3 is 15.3 Å². The van der Waals surface area contributed by atoms with Crippen LogP contribution in [0.5, 0.6) is 0 Å². The number of rotatable bonds is 3. The number of nitrogens with zero attached hydrogens (tertiary/aromatic N) is 2. The lowest BCUT2D eigenvalue weighted by Gasteiger charge is -2.43. The Hall–Kier alpha value is -2.05. The number of thioether (sulfide) groups is 1. The van der Waals surface area contributed by atoms with Crippen LogP contribution in [0.1, 0.15) is 31.2 Å². The smallest absolute Gasteiger partial charge is 0.322 e. The maximum atomic E-state index is 12.8. The molecule has 0 radical (unpaired) electrons. The number of fused-ring (bicyclic) bond motifs is 2. The molecule has 2 N–H and O–H groups in total. The largest absolute Gasteiger partial charge is 0.385 e. The highest BCUT2D eigenvalue weighted by atomic mass is 32.2. The molecule has 26 heavy (non-hydrogen) atoms. The first-order valence-corrected chi connectivity index (χ1v) is 10.2. The molecule has 2 bridgehead atoms. The fourth-order valence-corrected chi connectivity index (χ4v) is 4.70. The summed E-state index contributed by atoms with van der Waals surface area (Å²) in [5, 5.41) is 14.2. The standard InChI is InChI=1S/C20H23N3O2S/c1-26-18-8-4-15(5-9-18)22-19(24)23-16-6-7-17(23)12-20(25,11-16)14-3-2-10-21-13-14/h2-5,8-10,13,16-17,25H,6-7,11-12H2,1H3,(H,22,24)/t16-,17-/m0/s1. The van der Waals surface area contributed by atoms with Gasteiger partial charge in [0.15, 0.2) is 0 Å². The molecule has 136 valence electrons. The van der Waals surface area contributed by atoms with Gasteiger partial charge >= 0.3 is 6.03 Å². The molecule has 1 aromatic carbocycles. The number of benzene rings is 1. The third-order valence-corrected chi connectivity index (χ3v) is 6.28. The molecule has 2 atom stereocenters. The van der Waals surface area contributed by atoms with E-state index in [4.69, 9.17) is 0 Å². The summed E-state index contributed by atoms with van der Waals surface area (Å²) in [5.41, 5.74) is 0.765. The van der Waals surface area contributed by atoms with Crippen LogP contribution in [0, 0.1) is 0 Å². The minimum atomic E-state index is -0.892. The molecule has 2 aliphatic heterocycles. The van der Waals surface area contributed by atoms with Gasteiger partial charge in [0, 0.05) is 53.5 Å². The van der Waals surface area contributed by atoms with Crippen molar-refractivity contribution < 1.29 is 9.90 Å². The summed E-state index contributed by atoms with van der Waals surface area (Å²) in [7, 11) is 0. The van der Waals surface area contributed by atoms with E-state index in [2.05, 4.69) is 10.3 Å². The van der Waals surface area contributed by atoms with Crippen molar-refractivity contribution in [3.63, 3.8) is 0 Å². The number of piperidine rings is 1. The zero-order valence-electron chi connectivity index (χ0n) is 14.8. The molecule has 0 unspecified atom stereocenters. The van der Waals surface area contributed by atoms with E-state index in [0.29, 0.717) is 12.8 Å². The normalized spacial score (nSPS) is 27.4. The Morgan fingerprint density at radius 2 is 1.92 bits per heavy atom. The highest BCUT2D eigenvalue weighted by Crippen LogP contribution is 2.45. The Balaban J connectivity index is 1.48. The summed E-state index contributed by atoms with van der Waals surface area (Å²) in [6.45, 7) is 0. The summed E-state index contributed by atoms with van der Waals surface area (Å²) in [6.07, 6.45) is 8.48. The van der Waals surface area contributed by atoms with E-state index < -0.39 is 5.60 Å². The average molecular weight is 369 g/mol. The van der Waals surface area contributed by atoms with E-state index in [9.17, 15) is 9.90 Å². The number of carbonyl (C=O) groups excluding carboxylic acids is 1. The summed E-state index contributed by atoms with van der Waals surface area (Å²) in [5.74, 6) is 0. The molecule has 1 aromatic heterocycles. The highest BCUT2D eigenvalue weighted by molar-refractivity contribution is 7.98. The molecule has 4 rings (SSSR count). The Morgan fingerprint density at radius 1 is 1.23 bits per heavy atom. The number of nitrogens with one attached hydrogen (secondary N) is 1. The fourth-order valence-electron chi connectivity index (χ4n) is 4.29. The van der Waals surface area contributed by atoms with Gasteiger partial charge in [0.1, 0.15) is 0 Å². The monoisotopic (exact) mass is 369 g/mol. The second kappa shape index (κ2) is 6.93. The number of hydrogen-bond acceptors (Lipinski definition) is 4. The lowest BCUT2D eigenvalue weighted by molar-refractivity contribution is -0.0424. The number of hydrogen-bond donors (Lipinski definition) is 2. The number of carbonyl (C=O) groups is 1. The summed E-state index contributed by atoms with van der Waals surface area (Å²) in [6, 6.07) is 11.7. The molecule has 0 spiro atoms. The van der Waals surface area contributed by atoms with Crippen molar-refractivity contribution in [2.75, 3.05) is 11.6 Å². The topological polar surface area (TPSA) is 65.5 Å². The van der Waals surface area contributed by atoms with Crippen molar-refractivity contribution in [1.82, 2.24) is 9.88 Å². The molecule has 2 aromatic rings. The van der Waals surface area contributed by atoms with Gasteiger partial charge in [-0.25, -0.2) is 4.79 Å². The van der Waals surface area contributed by atoms with Crippen LogP contribution in [0.25, 0.3) is 0 Å². The first kappa shape index (κ1) is 17.4. The number of pyridine rings is 1. The number of aliphatic hydroxyl groups is 1. The van der Waals surface area contributed by atoms with E-state index >= 15 is 0 Å². The van der Waals surface area contributed by atoms with Gasteiger partial charge in [0.2, 0.25) is 0 Å².